The zero-order valence-corrected chi connectivity index (χ0v) is 27.5. The van der Waals surface area contributed by atoms with E-state index in [4.69, 9.17) is 0 Å². The van der Waals surface area contributed by atoms with Crippen LogP contribution in [0.15, 0.2) is 152 Å². The number of nitriles is 1. The molecule has 2 amide bonds. The smallest absolute Gasteiger partial charge is 0.255 e. The third-order valence-electron chi connectivity index (χ3n) is 8.88. The molecule has 0 radical (unpaired) electrons. The Balaban J connectivity index is 1.40. The van der Waals surface area contributed by atoms with E-state index in [9.17, 15) is 19.6 Å². The van der Waals surface area contributed by atoms with Crippen molar-refractivity contribution >= 4 is 17.6 Å². The molecule has 2 atom stereocenters. The Labute approximate surface area is 291 Å². The van der Waals surface area contributed by atoms with E-state index in [0.29, 0.717) is 29.7 Å². The van der Waals surface area contributed by atoms with Crippen molar-refractivity contribution in [3.63, 3.8) is 0 Å². The minimum Gasteiger partial charge on any atom is -0.353 e. The van der Waals surface area contributed by atoms with Gasteiger partial charge in [0.25, 0.3) is 5.91 Å². The van der Waals surface area contributed by atoms with E-state index in [1.807, 2.05) is 78.9 Å². The minimum absolute atomic E-state index is 0.124. The molecule has 5 aromatic rings. The lowest BCUT2D eigenvalue weighted by atomic mass is 9.89. The lowest BCUT2D eigenvalue weighted by molar-refractivity contribution is -0.124. The summed E-state index contributed by atoms with van der Waals surface area (Å²) in [5, 5.41) is 13.0. The van der Waals surface area contributed by atoms with Crippen molar-refractivity contribution < 1.29 is 14.4 Å². The summed E-state index contributed by atoms with van der Waals surface area (Å²) >= 11 is 0. The fourth-order valence-corrected chi connectivity index (χ4v) is 6.33. The van der Waals surface area contributed by atoms with Crippen LogP contribution in [-0.4, -0.2) is 51.6 Å². The molecule has 0 saturated carbocycles. The van der Waals surface area contributed by atoms with Crippen molar-refractivity contribution in [2.45, 2.75) is 24.8 Å². The molecule has 4 aromatic carbocycles. The van der Waals surface area contributed by atoms with Crippen LogP contribution in [0.2, 0.25) is 0 Å². The summed E-state index contributed by atoms with van der Waals surface area (Å²) in [6.07, 6.45) is 9.63. The molecule has 0 saturated heterocycles. The Bertz CT molecular complexity index is 1980. The first-order chi connectivity index (χ1) is 24.5. The fraction of sp³-hybridized carbons (Fsp3) is 0.167. The molecule has 1 heterocycles. The number of nitrogens with one attached hydrogen (secondary N) is 2. The van der Waals surface area contributed by atoms with Gasteiger partial charge in [-0.2, -0.15) is 5.26 Å². The third-order valence-corrected chi connectivity index (χ3v) is 8.88. The van der Waals surface area contributed by atoms with Crippen LogP contribution in [0.5, 0.6) is 0 Å². The summed E-state index contributed by atoms with van der Waals surface area (Å²) in [5.74, 6) is -1.77. The van der Waals surface area contributed by atoms with Gasteiger partial charge in [-0.25, -0.2) is 4.98 Å². The molecule has 8 heteroatoms. The van der Waals surface area contributed by atoms with Crippen LogP contribution in [0, 0.1) is 17.2 Å². The summed E-state index contributed by atoms with van der Waals surface area (Å²) in [6.45, 7) is 0.394. The molecule has 0 bridgehead atoms. The van der Waals surface area contributed by atoms with Gasteiger partial charge in [-0.1, -0.05) is 127 Å². The number of benzene rings is 4. The van der Waals surface area contributed by atoms with Crippen molar-refractivity contribution in [2.24, 2.45) is 5.92 Å². The van der Waals surface area contributed by atoms with Gasteiger partial charge in [-0.05, 0) is 29.2 Å². The first-order valence-corrected chi connectivity index (χ1v) is 16.7. The Morgan fingerprint density at radius 3 is 2.10 bits per heavy atom. The zero-order chi connectivity index (χ0) is 34.7. The maximum absolute atomic E-state index is 14.8. The summed E-state index contributed by atoms with van der Waals surface area (Å²) in [5.41, 5.74) is 4.21. The van der Waals surface area contributed by atoms with Crippen molar-refractivity contribution in [1.82, 2.24) is 20.2 Å². The van der Waals surface area contributed by atoms with Gasteiger partial charge in [-0.3, -0.25) is 14.4 Å². The molecule has 8 nitrogen and oxygen atoms in total. The number of carbonyl (C=O) groups is 3. The Kier molecular flexibility index (Phi) is 10.9. The maximum atomic E-state index is 14.8. The van der Waals surface area contributed by atoms with Crippen molar-refractivity contribution in [1.29, 1.82) is 5.26 Å². The molecule has 1 aromatic heterocycles. The second-order valence-electron chi connectivity index (χ2n) is 12.1. The molecule has 2 N–H and O–H groups in total. The van der Waals surface area contributed by atoms with E-state index in [1.165, 1.54) is 4.90 Å². The lowest BCUT2D eigenvalue weighted by Crippen LogP contribution is -2.52. The molecule has 1 aliphatic carbocycles. The van der Waals surface area contributed by atoms with E-state index in [1.54, 1.807) is 67.1 Å². The minimum atomic E-state index is -1.10. The van der Waals surface area contributed by atoms with E-state index in [0.717, 1.165) is 11.1 Å². The van der Waals surface area contributed by atoms with Gasteiger partial charge in [0.15, 0.2) is 5.78 Å². The number of imidazole rings is 1. The summed E-state index contributed by atoms with van der Waals surface area (Å²) in [7, 11) is 0. The van der Waals surface area contributed by atoms with Gasteiger partial charge >= 0.3 is 0 Å². The molecule has 0 aliphatic heterocycles. The number of ketones is 1. The monoisotopic (exact) mass is 659 g/mol. The van der Waals surface area contributed by atoms with Gasteiger partial charge in [0.2, 0.25) is 5.91 Å². The lowest BCUT2D eigenvalue weighted by Gasteiger charge is -2.34. The normalized spacial score (nSPS) is 14.3. The van der Waals surface area contributed by atoms with Gasteiger partial charge in [-0.15, -0.1) is 0 Å². The van der Waals surface area contributed by atoms with E-state index in [2.05, 4.69) is 21.4 Å². The van der Waals surface area contributed by atoms with Crippen LogP contribution >= 0.6 is 0 Å². The van der Waals surface area contributed by atoms with E-state index < -0.39 is 23.8 Å². The Hall–Kier alpha value is -6.33. The number of carbonyl (C=O) groups excluding carboxylic acids is 3. The number of allylic oxidation sites excluding steroid dienone is 2. The van der Waals surface area contributed by atoms with Crippen molar-refractivity contribution in [3.8, 4) is 6.07 Å². The van der Waals surface area contributed by atoms with Gasteiger partial charge < -0.3 is 15.2 Å². The SMILES string of the molecule is N#CC1C=C(C(C(=O)NCC(c2ccccc2)c2ccccc2)N(CCc2c[nH]cn2)C(=O)c2ccccc2C(=O)c2ccccc2)C=CC1. The Morgan fingerprint density at radius 2 is 1.48 bits per heavy atom. The molecule has 0 spiro atoms. The van der Waals surface area contributed by atoms with Crippen molar-refractivity contribution in [2.75, 3.05) is 13.1 Å². The van der Waals surface area contributed by atoms with Crippen molar-refractivity contribution in [3.05, 3.63) is 185 Å². The second kappa shape index (κ2) is 16.2. The maximum Gasteiger partial charge on any atom is 0.255 e. The molecule has 248 valence electrons. The third kappa shape index (κ3) is 7.86. The highest BCUT2D eigenvalue weighted by molar-refractivity contribution is 6.15. The van der Waals surface area contributed by atoms with Crippen LogP contribution in [0.25, 0.3) is 0 Å². The molecule has 0 fully saturated rings. The highest BCUT2D eigenvalue weighted by atomic mass is 16.2. The van der Waals surface area contributed by atoms with Crippen LogP contribution in [0.1, 0.15) is 55.4 Å². The van der Waals surface area contributed by atoms with E-state index >= 15 is 0 Å². The molecule has 1 aliphatic rings. The number of rotatable bonds is 13. The molecule has 50 heavy (non-hydrogen) atoms. The summed E-state index contributed by atoms with van der Waals surface area (Å²) in [6, 6.07) is 36.6. The predicted molar refractivity (Wildman–Crippen MR) is 192 cm³/mol. The van der Waals surface area contributed by atoms with Gasteiger partial charge in [0, 0.05) is 42.8 Å². The molecular weight excluding hydrogens is 622 g/mol. The quantitative estimate of drug-likeness (QED) is 0.137. The number of nitrogens with zero attached hydrogens (tertiary/aromatic N) is 3. The highest BCUT2D eigenvalue weighted by Crippen LogP contribution is 2.27. The fourth-order valence-electron chi connectivity index (χ4n) is 6.33. The average Bonchev–Trinajstić information content (AvgIpc) is 3.71. The molecular formula is C42H37N5O3. The number of aromatic nitrogens is 2. The number of aromatic amines is 1. The zero-order valence-electron chi connectivity index (χ0n) is 27.5. The second-order valence-corrected chi connectivity index (χ2v) is 12.1. The summed E-state index contributed by atoms with van der Waals surface area (Å²) in [4.78, 5) is 52.0. The predicted octanol–water partition coefficient (Wildman–Crippen LogP) is 6.67. The van der Waals surface area contributed by atoms with Gasteiger partial charge in [0.05, 0.1) is 29.6 Å². The number of H-pyrrole nitrogens is 1. The first kappa shape index (κ1) is 33.6. The standard InChI is InChI=1S/C42H37N5O3/c43-26-30-13-12-20-34(25-30)39(41(49)45-28-38(31-14-4-1-5-15-31)32-16-6-2-7-17-32)47(24-23-35-27-44-29-46-35)42(50)37-22-11-10-21-36(37)40(48)33-18-8-3-9-19-33/h1-12,14-22,25,27,29-30,38-39H,13,23-24,28H2,(H,44,46)(H,45,49). The van der Waals surface area contributed by atoms with E-state index in [-0.39, 0.29) is 35.9 Å². The number of hydrogen-bond donors (Lipinski definition) is 2. The first-order valence-electron chi connectivity index (χ1n) is 16.7. The van der Waals surface area contributed by atoms with Crippen LogP contribution in [0.3, 0.4) is 0 Å². The largest absolute Gasteiger partial charge is 0.353 e. The molecule has 6 rings (SSSR count). The van der Waals surface area contributed by atoms with Gasteiger partial charge in [0.1, 0.15) is 6.04 Å². The number of hydrogen-bond acceptors (Lipinski definition) is 5. The van der Waals surface area contributed by atoms with Crippen LogP contribution in [0.4, 0.5) is 0 Å². The summed E-state index contributed by atoms with van der Waals surface area (Å²) < 4.78 is 0. The highest BCUT2D eigenvalue weighted by Gasteiger charge is 2.35. The average molecular weight is 660 g/mol. The number of amides is 2. The van der Waals surface area contributed by atoms with Crippen LogP contribution in [-0.2, 0) is 11.2 Å². The van der Waals surface area contributed by atoms with Crippen LogP contribution < -0.4 is 5.32 Å². The Morgan fingerprint density at radius 1 is 0.860 bits per heavy atom. The topological polar surface area (TPSA) is 119 Å². The molecule has 2 unspecified atom stereocenters.